The van der Waals surface area contributed by atoms with Crippen LogP contribution in [0.4, 0.5) is 6.01 Å². The van der Waals surface area contributed by atoms with Crippen LogP contribution in [0.1, 0.15) is 30.1 Å². The number of hydrogen-bond donors (Lipinski definition) is 1. The molecule has 0 spiro atoms. The summed E-state index contributed by atoms with van der Waals surface area (Å²) in [6.45, 7) is 3.16. The van der Waals surface area contributed by atoms with Crippen molar-refractivity contribution >= 4 is 31.6 Å². The number of aromatic nitrogens is 2. The van der Waals surface area contributed by atoms with Crippen LogP contribution in [0.5, 0.6) is 0 Å². The highest BCUT2D eigenvalue weighted by atomic mass is 32.2. The lowest BCUT2D eigenvalue weighted by molar-refractivity contribution is 0.102. The first-order chi connectivity index (χ1) is 14.6. The van der Waals surface area contributed by atoms with Crippen molar-refractivity contribution in [1.82, 2.24) is 10.2 Å². The number of nitrogens with one attached hydrogen (secondary N) is 1. The Hall–Kier alpha value is -3.05. The number of hydrogen-bond acceptors (Lipinski definition) is 8. The van der Waals surface area contributed by atoms with Gasteiger partial charge >= 0.3 is 6.01 Å². The molecule has 0 radical (unpaired) electrons. The monoisotopic (exact) mass is 463 g/mol. The summed E-state index contributed by atoms with van der Waals surface area (Å²) in [5.41, 5.74) is 0.203. The number of amides is 1. The van der Waals surface area contributed by atoms with Crippen LogP contribution < -0.4 is 5.32 Å². The van der Waals surface area contributed by atoms with Gasteiger partial charge in [-0.25, -0.2) is 16.8 Å². The quantitative estimate of drug-likeness (QED) is 0.538. The number of carbonyl (C=O) groups excluding carboxylic acids is 1. The van der Waals surface area contributed by atoms with Crippen LogP contribution in [0, 0.1) is 0 Å². The fourth-order valence-corrected chi connectivity index (χ4v) is 4.92. The maximum atomic E-state index is 12.3. The van der Waals surface area contributed by atoms with Crippen molar-refractivity contribution in [3.63, 3.8) is 0 Å². The zero-order valence-corrected chi connectivity index (χ0v) is 18.5. The molecule has 1 heterocycles. The highest BCUT2D eigenvalue weighted by Crippen LogP contribution is 2.18. The predicted octanol–water partition coefficient (Wildman–Crippen LogP) is 2.52. The second-order valence-electron chi connectivity index (χ2n) is 6.96. The van der Waals surface area contributed by atoms with E-state index in [0.717, 1.165) is 0 Å². The molecule has 0 unspecified atom stereocenters. The van der Waals surface area contributed by atoms with E-state index in [1.54, 1.807) is 32.0 Å². The van der Waals surface area contributed by atoms with E-state index in [1.165, 1.54) is 36.4 Å². The highest BCUT2D eigenvalue weighted by Gasteiger charge is 2.20. The van der Waals surface area contributed by atoms with Gasteiger partial charge in [-0.05, 0) is 50.2 Å². The molecule has 0 aliphatic rings. The van der Waals surface area contributed by atoms with Crippen molar-refractivity contribution in [2.75, 3.05) is 11.1 Å². The third-order valence-corrected chi connectivity index (χ3v) is 8.34. The zero-order valence-electron chi connectivity index (χ0n) is 16.8. The van der Waals surface area contributed by atoms with Gasteiger partial charge in [0, 0.05) is 12.0 Å². The summed E-state index contributed by atoms with van der Waals surface area (Å²) >= 11 is 0. The number of aryl methyl sites for hydroxylation is 1. The minimum Gasteiger partial charge on any atom is -0.408 e. The zero-order chi connectivity index (χ0) is 22.6. The lowest BCUT2D eigenvalue weighted by atomic mass is 10.2. The van der Waals surface area contributed by atoms with Crippen LogP contribution in [0.3, 0.4) is 0 Å². The number of anilines is 1. The molecular formula is C20H21N3O6S2. The number of sulfone groups is 2. The third-order valence-electron chi connectivity index (χ3n) is 4.44. The second-order valence-corrected chi connectivity index (χ2v) is 11.6. The van der Waals surface area contributed by atoms with E-state index in [9.17, 15) is 21.6 Å². The van der Waals surface area contributed by atoms with Gasteiger partial charge < -0.3 is 4.42 Å². The van der Waals surface area contributed by atoms with Crippen LogP contribution in [-0.4, -0.2) is 43.9 Å². The van der Waals surface area contributed by atoms with E-state index < -0.39 is 30.8 Å². The number of carbonyl (C=O) groups is 1. The van der Waals surface area contributed by atoms with Gasteiger partial charge in [-0.3, -0.25) is 10.1 Å². The lowest BCUT2D eigenvalue weighted by Crippen LogP contribution is -2.15. The average Bonchev–Trinajstić information content (AvgIpc) is 3.20. The predicted molar refractivity (Wildman–Crippen MR) is 113 cm³/mol. The minimum atomic E-state index is -3.50. The molecule has 164 valence electrons. The van der Waals surface area contributed by atoms with Crippen molar-refractivity contribution in [2.45, 2.75) is 35.3 Å². The van der Waals surface area contributed by atoms with Crippen molar-refractivity contribution in [1.29, 1.82) is 0 Å². The minimum absolute atomic E-state index is 0.0120. The summed E-state index contributed by atoms with van der Waals surface area (Å²) in [6, 6.07) is 13.3. The van der Waals surface area contributed by atoms with Gasteiger partial charge in [0.25, 0.3) is 5.91 Å². The first-order valence-corrected chi connectivity index (χ1v) is 12.5. The van der Waals surface area contributed by atoms with E-state index in [-0.39, 0.29) is 39.4 Å². The summed E-state index contributed by atoms with van der Waals surface area (Å²) in [4.78, 5) is 12.7. The summed E-state index contributed by atoms with van der Waals surface area (Å²) in [5, 5.41) is 9.28. The molecule has 0 bridgehead atoms. The van der Waals surface area contributed by atoms with Crippen molar-refractivity contribution in [2.24, 2.45) is 0 Å². The Balaban J connectivity index is 1.62. The molecule has 3 rings (SSSR count). The lowest BCUT2D eigenvalue weighted by Gasteiger charge is -2.08. The summed E-state index contributed by atoms with van der Waals surface area (Å²) in [5.74, 6) is -0.730. The van der Waals surface area contributed by atoms with E-state index in [0.29, 0.717) is 0 Å². The molecule has 1 N–H and O–H groups in total. The van der Waals surface area contributed by atoms with Gasteiger partial charge in [0.1, 0.15) is 0 Å². The Morgan fingerprint density at radius 2 is 1.58 bits per heavy atom. The molecule has 0 aliphatic heterocycles. The molecule has 0 saturated heterocycles. The topological polar surface area (TPSA) is 136 Å². The standard InChI is InChI=1S/C20H21N3O6S2/c1-14(2)31(27,28)17-10-8-15(9-11-17)19(24)21-20-23-22-18(29-20)12-13-30(25,26)16-6-4-3-5-7-16/h3-11,14H,12-13H2,1-2H3,(H,21,23,24). The third kappa shape index (κ3) is 5.36. The molecule has 0 aliphatic carbocycles. The van der Waals surface area contributed by atoms with Gasteiger partial charge in [-0.1, -0.05) is 23.3 Å². The molecular weight excluding hydrogens is 442 g/mol. The van der Waals surface area contributed by atoms with Crippen LogP contribution in [0.25, 0.3) is 0 Å². The van der Waals surface area contributed by atoms with Gasteiger partial charge in [0.05, 0.1) is 20.8 Å². The average molecular weight is 464 g/mol. The SMILES string of the molecule is CC(C)S(=O)(=O)c1ccc(C(=O)Nc2nnc(CCS(=O)(=O)c3ccccc3)o2)cc1. The van der Waals surface area contributed by atoms with Crippen molar-refractivity contribution < 1.29 is 26.0 Å². The Bertz CT molecular complexity index is 1270. The number of rotatable bonds is 8. The molecule has 9 nitrogen and oxygen atoms in total. The molecule has 0 saturated carbocycles. The Morgan fingerprint density at radius 1 is 0.935 bits per heavy atom. The fraction of sp³-hybridized carbons (Fsp3) is 0.250. The molecule has 0 fully saturated rings. The Labute approximate surface area is 180 Å². The van der Waals surface area contributed by atoms with Gasteiger partial charge in [-0.2, -0.15) is 0 Å². The molecule has 1 amide bonds. The van der Waals surface area contributed by atoms with Crippen LogP contribution >= 0.6 is 0 Å². The van der Waals surface area contributed by atoms with Gasteiger partial charge in [0.15, 0.2) is 19.7 Å². The summed E-state index contributed by atoms with van der Waals surface area (Å²) in [7, 11) is -6.94. The fourth-order valence-electron chi connectivity index (χ4n) is 2.61. The Morgan fingerprint density at radius 3 is 2.19 bits per heavy atom. The molecule has 2 aromatic carbocycles. The van der Waals surface area contributed by atoms with E-state index in [4.69, 9.17) is 4.42 Å². The molecule has 1 aromatic heterocycles. The maximum absolute atomic E-state index is 12.3. The summed E-state index contributed by atoms with van der Waals surface area (Å²) < 4.78 is 54.2. The van der Waals surface area contributed by atoms with Gasteiger partial charge in [0.2, 0.25) is 5.89 Å². The van der Waals surface area contributed by atoms with Crippen molar-refractivity contribution in [3.8, 4) is 0 Å². The van der Waals surface area contributed by atoms with Crippen molar-refractivity contribution in [3.05, 3.63) is 66.1 Å². The molecule has 3 aromatic rings. The van der Waals surface area contributed by atoms with Crippen LogP contribution in [-0.2, 0) is 26.1 Å². The van der Waals surface area contributed by atoms with E-state index >= 15 is 0 Å². The van der Waals surface area contributed by atoms with E-state index in [2.05, 4.69) is 15.5 Å². The highest BCUT2D eigenvalue weighted by molar-refractivity contribution is 7.92. The molecule has 31 heavy (non-hydrogen) atoms. The number of benzene rings is 2. The Kier molecular flexibility index (Phi) is 6.56. The van der Waals surface area contributed by atoms with E-state index in [1.807, 2.05) is 0 Å². The maximum Gasteiger partial charge on any atom is 0.322 e. The normalized spacial score (nSPS) is 12.1. The first-order valence-electron chi connectivity index (χ1n) is 9.35. The largest absolute Gasteiger partial charge is 0.408 e. The smallest absolute Gasteiger partial charge is 0.322 e. The number of nitrogens with zero attached hydrogens (tertiary/aromatic N) is 2. The first kappa shape index (κ1) is 22.6. The summed E-state index contributed by atoms with van der Waals surface area (Å²) in [6.07, 6.45) is -0.0120. The molecule has 11 heteroatoms. The molecule has 0 atom stereocenters. The second kappa shape index (κ2) is 8.98. The van der Waals surface area contributed by atoms with Crippen LogP contribution in [0.2, 0.25) is 0 Å². The van der Waals surface area contributed by atoms with Gasteiger partial charge in [-0.15, -0.1) is 5.10 Å². The van der Waals surface area contributed by atoms with Crippen LogP contribution in [0.15, 0.2) is 68.8 Å².